The normalized spacial score (nSPS) is 17.5. The fraction of sp³-hybridized carbons (Fsp3) is 0.269. The smallest absolute Gasteiger partial charge is 0.407 e. The number of rotatable bonds is 7. The Bertz CT molecular complexity index is 1500. The van der Waals surface area contributed by atoms with Crippen LogP contribution in [0.25, 0.3) is 11.0 Å². The third-order valence-corrected chi connectivity index (χ3v) is 8.54. The highest BCUT2D eigenvalue weighted by Crippen LogP contribution is 2.35. The summed E-state index contributed by atoms with van der Waals surface area (Å²) in [6, 6.07) is 17.9. The largest absolute Gasteiger partial charge is 0.465 e. The number of fused-ring (bicyclic) bond motifs is 1. The van der Waals surface area contributed by atoms with Gasteiger partial charge in [0.2, 0.25) is 0 Å². The molecule has 0 radical (unpaired) electrons. The first-order chi connectivity index (χ1) is 17.3. The Morgan fingerprint density at radius 1 is 1.03 bits per heavy atom. The van der Waals surface area contributed by atoms with E-state index in [0.29, 0.717) is 36.2 Å². The minimum absolute atomic E-state index is 0.0720. The topological polar surface area (TPSA) is 109 Å². The van der Waals surface area contributed by atoms with Gasteiger partial charge in [-0.2, -0.15) is 0 Å². The zero-order valence-corrected chi connectivity index (χ0v) is 20.8. The SMILES string of the molecule is Cc1ccc(S(=O)(=O)n2ccc3c(N(C)[C@H]4C[C@@H](N(Cc5ccccc5)C(=O)O)C4)ncnc32)cc1. The van der Waals surface area contributed by atoms with Gasteiger partial charge in [-0.3, -0.25) is 0 Å². The first kappa shape index (κ1) is 23.8. The zero-order chi connectivity index (χ0) is 25.4. The van der Waals surface area contributed by atoms with E-state index in [-0.39, 0.29) is 17.0 Å². The Balaban J connectivity index is 1.36. The van der Waals surface area contributed by atoms with Gasteiger partial charge in [0, 0.05) is 31.9 Å². The van der Waals surface area contributed by atoms with Crippen LogP contribution in [0.1, 0.15) is 24.0 Å². The van der Waals surface area contributed by atoms with Crippen LogP contribution in [0, 0.1) is 6.92 Å². The van der Waals surface area contributed by atoms with E-state index in [1.165, 1.54) is 21.4 Å². The number of benzene rings is 2. The maximum Gasteiger partial charge on any atom is 0.407 e. The van der Waals surface area contributed by atoms with Gasteiger partial charge in [0.1, 0.15) is 12.1 Å². The number of aryl methyl sites for hydroxylation is 1. The minimum Gasteiger partial charge on any atom is -0.465 e. The van der Waals surface area contributed by atoms with Crippen molar-refractivity contribution >= 4 is 33.0 Å². The third kappa shape index (κ3) is 4.28. The Morgan fingerprint density at radius 2 is 1.72 bits per heavy atom. The van der Waals surface area contributed by atoms with E-state index in [4.69, 9.17) is 0 Å². The molecular formula is C26H27N5O4S. The average Bonchev–Trinajstić information content (AvgIpc) is 3.28. The summed E-state index contributed by atoms with van der Waals surface area (Å²) in [5, 5.41) is 10.4. The van der Waals surface area contributed by atoms with Crippen molar-refractivity contribution < 1.29 is 18.3 Å². The molecule has 9 nitrogen and oxygen atoms in total. The van der Waals surface area contributed by atoms with Crippen molar-refractivity contribution in [2.24, 2.45) is 0 Å². The number of amides is 1. The van der Waals surface area contributed by atoms with Crippen LogP contribution in [0.3, 0.4) is 0 Å². The molecule has 1 saturated carbocycles. The van der Waals surface area contributed by atoms with Gasteiger partial charge < -0.3 is 14.9 Å². The van der Waals surface area contributed by atoms with Crippen molar-refractivity contribution in [3.8, 4) is 0 Å². The number of hydrogen-bond donors (Lipinski definition) is 1. The van der Waals surface area contributed by atoms with E-state index in [2.05, 4.69) is 9.97 Å². The van der Waals surface area contributed by atoms with Gasteiger partial charge in [-0.05, 0) is 43.5 Å². The van der Waals surface area contributed by atoms with Crippen molar-refractivity contribution in [1.82, 2.24) is 18.8 Å². The highest BCUT2D eigenvalue weighted by Gasteiger charge is 2.39. The molecule has 1 aliphatic rings. The van der Waals surface area contributed by atoms with E-state index < -0.39 is 16.1 Å². The first-order valence-electron chi connectivity index (χ1n) is 11.7. The van der Waals surface area contributed by atoms with E-state index in [1.807, 2.05) is 49.2 Å². The second-order valence-electron chi connectivity index (χ2n) is 9.15. The molecule has 4 aromatic rings. The standard InChI is InChI=1S/C26H27N5O4S/c1-18-8-10-22(11-9-18)36(34,35)31-13-12-23-24(27-17-28-25(23)31)29(2)20-14-21(15-20)30(26(32)33)16-19-6-4-3-5-7-19/h3-13,17,20-21H,14-16H2,1-2H3,(H,32,33)/t20-,21+. The summed E-state index contributed by atoms with van der Waals surface area (Å²) in [5.41, 5.74) is 2.23. The van der Waals surface area contributed by atoms with E-state index in [0.717, 1.165) is 11.1 Å². The van der Waals surface area contributed by atoms with Gasteiger partial charge in [0.15, 0.2) is 5.65 Å². The quantitative estimate of drug-likeness (QED) is 0.402. The van der Waals surface area contributed by atoms with Gasteiger partial charge >= 0.3 is 6.09 Å². The average molecular weight is 506 g/mol. The maximum absolute atomic E-state index is 13.3. The fourth-order valence-electron chi connectivity index (χ4n) is 4.65. The summed E-state index contributed by atoms with van der Waals surface area (Å²) in [7, 11) is -1.92. The molecule has 2 heterocycles. The number of hydrogen-bond acceptors (Lipinski definition) is 6. The minimum atomic E-state index is -3.82. The van der Waals surface area contributed by atoms with Gasteiger partial charge in [0.05, 0.1) is 10.3 Å². The lowest BCUT2D eigenvalue weighted by molar-refractivity contribution is 0.0834. The first-order valence-corrected chi connectivity index (χ1v) is 13.1. The summed E-state index contributed by atoms with van der Waals surface area (Å²) in [5.74, 6) is 0.617. The second-order valence-corrected chi connectivity index (χ2v) is 11.0. The molecule has 10 heteroatoms. The number of carboxylic acid groups (broad SMARTS) is 1. The Kier molecular flexibility index (Phi) is 6.13. The number of aromatic nitrogens is 3. The molecule has 1 amide bonds. The van der Waals surface area contributed by atoms with Gasteiger partial charge in [-0.1, -0.05) is 48.0 Å². The highest BCUT2D eigenvalue weighted by atomic mass is 32.2. The van der Waals surface area contributed by atoms with Crippen molar-refractivity contribution in [2.45, 2.75) is 43.3 Å². The molecule has 2 aromatic carbocycles. The predicted molar refractivity (Wildman–Crippen MR) is 137 cm³/mol. The molecule has 1 N–H and O–H groups in total. The van der Waals surface area contributed by atoms with Crippen LogP contribution < -0.4 is 4.90 Å². The number of nitrogens with zero attached hydrogens (tertiary/aromatic N) is 5. The molecule has 5 rings (SSSR count). The Hall–Kier alpha value is -3.92. The second kappa shape index (κ2) is 9.27. The molecule has 186 valence electrons. The number of carbonyl (C=O) groups is 1. The molecule has 1 fully saturated rings. The summed E-state index contributed by atoms with van der Waals surface area (Å²) in [6.45, 7) is 2.24. The van der Waals surface area contributed by atoms with Crippen molar-refractivity contribution in [3.05, 3.63) is 84.3 Å². The molecule has 1 aliphatic carbocycles. The lowest BCUT2D eigenvalue weighted by Crippen LogP contribution is -2.54. The van der Waals surface area contributed by atoms with Crippen molar-refractivity contribution in [1.29, 1.82) is 0 Å². The molecule has 36 heavy (non-hydrogen) atoms. The molecule has 2 aromatic heterocycles. The predicted octanol–water partition coefficient (Wildman–Crippen LogP) is 4.12. The van der Waals surface area contributed by atoms with Crippen LogP contribution in [-0.4, -0.2) is 57.6 Å². The maximum atomic E-state index is 13.3. The third-order valence-electron chi connectivity index (χ3n) is 6.86. The molecule has 0 atom stereocenters. The van der Waals surface area contributed by atoms with Gasteiger partial charge in [-0.15, -0.1) is 0 Å². The van der Waals surface area contributed by atoms with E-state index in [9.17, 15) is 18.3 Å². The lowest BCUT2D eigenvalue weighted by Gasteiger charge is -2.45. The lowest BCUT2D eigenvalue weighted by atomic mass is 9.84. The monoisotopic (exact) mass is 505 g/mol. The summed E-state index contributed by atoms with van der Waals surface area (Å²) in [4.78, 5) is 24.3. The Morgan fingerprint density at radius 3 is 2.39 bits per heavy atom. The zero-order valence-electron chi connectivity index (χ0n) is 20.0. The van der Waals surface area contributed by atoms with Gasteiger partial charge in [0.25, 0.3) is 10.0 Å². The Labute approximate surface area is 209 Å². The van der Waals surface area contributed by atoms with Crippen molar-refractivity contribution in [3.63, 3.8) is 0 Å². The molecule has 0 aliphatic heterocycles. The van der Waals surface area contributed by atoms with Crippen LogP contribution in [0.4, 0.5) is 10.6 Å². The van der Waals surface area contributed by atoms with Crippen molar-refractivity contribution in [2.75, 3.05) is 11.9 Å². The molecule has 0 bridgehead atoms. The molecule has 0 saturated heterocycles. The van der Waals surface area contributed by atoms with E-state index >= 15 is 0 Å². The molecular weight excluding hydrogens is 478 g/mol. The summed E-state index contributed by atoms with van der Waals surface area (Å²) >= 11 is 0. The van der Waals surface area contributed by atoms with Crippen LogP contribution in [0.5, 0.6) is 0 Å². The van der Waals surface area contributed by atoms with E-state index in [1.54, 1.807) is 30.3 Å². The number of anilines is 1. The van der Waals surface area contributed by atoms with Crippen LogP contribution in [0.2, 0.25) is 0 Å². The summed E-state index contributed by atoms with van der Waals surface area (Å²) < 4.78 is 27.7. The molecule has 0 spiro atoms. The fourth-order valence-corrected chi connectivity index (χ4v) is 5.95. The van der Waals surface area contributed by atoms with Crippen LogP contribution in [-0.2, 0) is 16.6 Å². The molecule has 0 unspecified atom stereocenters. The van der Waals surface area contributed by atoms with Gasteiger partial charge in [-0.25, -0.2) is 27.2 Å². The summed E-state index contributed by atoms with van der Waals surface area (Å²) in [6.07, 6.45) is 3.24. The van der Waals surface area contributed by atoms with Crippen LogP contribution in [0.15, 0.2) is 78.1 Å². The highest BCUT2D eigenvalue weighted by molar-refractivity contribution is 7.90. The van der Waals surface area contributed by atoms with Crippen LogP contribution >= 0.6 is 0 Å².